The van der Waals surface area contributed by atoms with Crippen molar-refractivity contribution in [2.75, 3.05) is 17.2 Å². The number of rotatable bonds is 6. The van der Waals surface area contributed by atoms with E-state index in [4.69, 9.17) is 0 Å². The highest BCUT2D eigenvalue weighted by molar-refractivity contribution is 6.09. The Kier molecular flexibility index (Phi) is 5.61. The van der Waals surface area contributed by atoms with Crippen LogP contribution in [-0.2, 0) is 16.1 Å². The van der Waals surface area contributed by atoms with E-state index in [1.54, 1.807) is 30.2 Å². The van der Waals surface area contributed by atoms with Gasteiger partial charge in [-0.15, -0.1) is 0 Å². The van der Waals surface area contributed by atoms with Crippen molar-refractivity contribution in [1.82, 2.24) is 14.9 Å². The van der Waals surface area contributed by atoms with E-state index in [-0.39, 0.29) is 24.7 Å². The molecule has 9 heteroatoms. The summed E-state index contributed by atoms with van der Waals surface area (Å²) >= 11 is 0. The van der Waals surface area contributed by atoms with Crippen molar-refractivity contribution in [3.8, 4) is 11.3 Å². The number of ketones is 1. The zero-order valence-corrected chi connectivity index (χ0v) is 18.6. The van der Waals surface area contributed by atoms with Gasteiger partial charge in [-0.25, -0.2) is 9.37 Å². The number of nitrogens with zero attached hydrogens (tertiary/aromatic N) is 2. The Labute approximate surface area is 195 Å². The average Bonchev–Trinajstić information content (AvgIpc) is 3.47. The van der Waals surface area contributed by atoms with Crippen LogP contribution in [0.15, 0.2) is 48.7 Å². The first-order valence-corrected chi connectivity index (χ1v) is 11.2. The second-order valence-corrected chi connectivity index (χ2v) is 8.52. The molecule has 1 aromatic carbocycles. The number of anilines is 3. The van der Waals surface area contributed by atoms with E-state index in [2.05, 4.69) is 20.6 Å². The molecule has 2 aromatic heterocycles. The molecule has 1 saturated carbocycles. The highest BCUT2D eigenvalue weighted by Gasteiger charge is 2.43. The lowest BCUT2D eigenvalue weighted by Crippen LogP contribution is -2.39. The number of alkyl halides is 1. The maximum absolute atomic E-state index is 13.3. The topological polar surface area (TPSA) is 107 Å². The van der Waals surface area contributed by atoms with Crippen LogP contribution in [0.3, 0.4) is 0 Å². The fourth-order valence-corrected chi connectivity index (χ4v) is 4.19. The molecule has 3 N–H and O–H groups in total. The summed E-state index contributed by atoms with van der Waals surface area (Å²) in [7, 11) is 0. The Hall–Kier alpha value is -4.01. The van der Waals surface area contributed by atoms with Crippen LogP contribution in [0.2, 0.25) is 0 Å². The van der Waals surface area contributed by atoms with Gasteiger partial charge in [0.05, 0.1) is 36.0 Å². The summed E-state index contributed by atoms with van der Waals surface area (Å²) in [5, 5.41) is 6.02. The Morgan fingerprint density at radius 3 is 2.68 bits per heavy atom. The molecule has 1 aliphatic carbocycles. The number of aromatic amines is 1. The van der Waals surface area contributed by atoms with Gasteiger partial charge in [-0.05, 0) is 30.7 Å². The third kappa shape index (κ3) is 4.16. The minimum Gasteiger partial charge on any atom is -0.355 e. The maximum Gasteiger partial charge on any atom is 0.231 e. The summed E-state index contributed by atoms with van der Waals surface area (Å²) in [4.78, 5) is 46.6. The lowest BCUT2D eigenvalue weighted by atomic mass is 10.0. The number of H-pyrrole nitrogens is 1. The van der Waals surface area contributed by atoms with E-state index < -0.39 is 18.0 Å². The summed E-state index contributed by atoms with van der Waals surface area (Å²) in [5.41, 5.74) is 3.89. The van der Waals surface area contributed by atoms with E-state index in [1.807, 2.05) is 30.3 Å². The fraction of sp³-hybridized carbons (Fsp3) is 0.280. The number of carbonyl (C=O) groups is 3. The van der Waals surface area contributed by atoms with Crippen molar-refractivity contribution >= 4 is 34.8 Å². The van der Waals surface area contributed by atoms with Gasteiger partial charge in [0.1, 0.15) is 12.0 Å². The molecule has 0 saturated heterocycles. The van der Waals surface area contributed by atoms with Crippen LogP contribution in [0.25, 0.3) is 11.3 Å². The first-order valence-electron chi connectivity index (χ1n) is 11.2. The second-order valence-electron chi connectivity index (χ2n) is 8.52. The highest BCUT2D eigenvalue weighted by Crippen LogP contribution is 2.39. The number of fused-ring (bicyclic) bond motifs is 1. The van der Waals surface area contributed by atoms with E-state index in [9.17, 15) is 18.8 Å². The number of nitrogens with one attached hydrogen (secondary N) is 3. The Balaban J connectivity index is 1.54. The molecule has 3 aromatic rings. The molecule has 1 fully saturated rings. The normalized spacial score (nSPS) is 18.9. The maximum atomic E-state index is 13.3. The average molecular weight is 461 g/mol. The third-order valence-corrected chi connectivity index (χ3v) is 6.09. The molecular formula is C25H24FN5O3. The molecule has 2 aliphatic rings. The summed E-state index contributed by atoms with van der Waals surface area (Å²) < 4.78 is 13.3. The summed E-state index contributed by atoms with van der Waals surface area (Å²) in [6, 6.07) is 12.9. The third-order valence-electron chi connectivity index (χ3n) is 6.09. The van der Waals surface area contributed by atoms with Crippen LogP contribution >= 0.6 is 0 Å². The zero-order chi connectivity index (χ0) is 23.8. The predicted molar refractivity (Wildman–Crippen MR) is 125 cm³/mol. The highest BCUT2D eigenvalue weighted by atomic mass is 19.1. The van der Waals surface area contributed by atoms with Gasteiger partial charge in [0.2, 0.25) is 11.8 Å². The van der Waals surface area contributed by atoms with Gasteiger partial charge in [0.15, 0.2) is 5.78 Å². The second kappa shape index (κ2) is 8.74. The van der Waals surface area contributed by atoms with Crippen molar-refractivity contribution in [2.45, 2.75) is 32.5 Å². The van der Waals surface area contributed by atoms with Crippen LogP contribution in [0.5, 0.6) is 0 Å². The smallest absolute Gasteiger partial charge is 0.231 e. The summed E-state index contributed by atoms with van der Waals surface area (Å²) in [6.07, 6.45) is 1.000. The number of pyridine rings is 1. The van der Waals surface area contributed by atoms with E-state index >= 15 is 0 Å². The van der Waals surface area contributed by atoms with Gasteiger partial charge >= 0.3 is 0 Å². The molecular weight excluding hydrogens is 437 g/mol. The quantitative estimate of drug-likeness (QED) is 0.513. The first kappa shape index (κ1) is 21.8. The lowest BCUT2D eigenvalue weighted by molar-refractivity contribution is -0.131. The van der Waals surface area contributed by atoms with Crippen LogP contribution in [0.1, 0.15) is 35.8 Å². The van der Waals surface area contributed by atoms with E-state index in [1.165, 1.54) is 0 Å². The first-order chi connectivity index (χ1) is 16.4. The SMILES string of the molecule is CCC(=O)N1CC(=O)c2c([nH]c(-c3ccnc(NC(=O)[C@@H]4C[C@@H]4F)c3)c2Nc2ccccc2)C1. The van der Waals surface area contributed by atoms with Crippen LogP contribution in [0.4, 0.5) is 21.6 Å². The summed E-state index contributed by atoms with van der Waals surface area (Å²) in [6.45, 7) is 2.08. The van der Waals surface area contributed by atoms with Crippen molar-refractivity contribution in [3.63, 3.8) is 0 Å². The molecule has 0 bridgehead atoms. The van der Waals surface area contributed by atoms with Crippen LogP contribution in [0, 0.1) is 5.92 Å². The molecule has 0 radical (unpaired) electrons. The molecule has 2 atom stereocenters. The fourth-order valence-electron chi connectivity index (χ4n) is 4.19. The minimum absolute atomic E-state index is 0.0177. The Morgan fingerprint density at radius 1 is 1.21 bits per heavy atom. The van der Waals surface area contributed by atoms with Crippen molar-refractivity contribution in [3.05, 3.63) is 59.9 Å². The molecule has 2 amide bonds. The number of hydrogen-bond acceptors (Lipinski definition) is 5. The Morgan fingerprint density at radius 2 is 1.97 bits per heavy atom. The number of para-hydroxylation sites is 1. The van der Waals surface area contributed by atoms with Crippen LogP contribution in [-0.4, -0.2) is 45.2 Å². The van der Waals surface area contributed by atoms with Crippen LogP contribution < -0.4 is 10.6 Å². The van der Waals surface area contributed by atoms with E-state index in [0.717, 1.165) is 5.69 Å². The van der Waals surface area contributed by atoms with Gasteiger partial charge < -0.3 is 20.5 Å². The summed E-state index contributed by atoms with van der Waals surface area (Å²) in [5.74, 6) is -0.969. The number of halogens is 1. The Bertz CT molecular complexity index is 1270. The van der Waals surface area contributed by atoms with Gasteiger partial charge in [-0.1, -0.05) is 25.1 Å². The van der Waals surface area contributed by atoms with Crippen molar-refractivity contribution in [1.29, 1.82) is 0 Å². The molecule has 3 heterocycles. The predicted octanol–water partition coefficient (Wildman–Crippen LogP) is 4.05. The van der Waals surface area contributed by atoms with Crippen molar-refractivity contribution in [2.24, 2.45) is 5.92 Å². The van der Waals surface area contributed by atoms with E-state index in [0.29, 0.717) is 47.0 Å². The van der Waals surface area contributed by atoms with Gasteiger partial charge in [0, 0.05) is 29.6 Å². The molecule has 0 spiro atoms. The number of amides is 2. The van der Waals surface area contributed by atoms with Crippen molar-refractivity contribution < 1.29 is 18.8 Å². The number of aromatic nitrogens is 2. The minimum atomic E-state index is -1.10. The number of carbonyl (C=O) groups excluding carboxylic acids is 3. The molecule has 0 unspecified atom stereocenters. The standard InChI is InChI=1S/C25H24FN5O3/c1-2-21(33)31-12-18-22(19(32)13-31)24(28-15-6-4-3-5-7-15)23(29-18)14-8-9-27-20(10-14)30-25(34)16-11-17(16)26/h3-10,16-17,28-29H,2,11-13H2,1H3,(H,27,30,34)/t16-,17+/m1/s1. The van der Waals surface area contributed by atoms with Gasteiger partial charge in [-0.3, -0.25) is 14.4 Å². The zero-order valence-electron chi connectivity index (χ0n) is 18.6. The monoisotopic (exact) mass is 461 g/mol. The number of hydrogen-bond donors (Lipinski definition) is 3. The molecule has 1 aliphatic heterocycles. The largest absolute Gasteiger partial charge is 0.355 e. The molecule has 8 nitrogen and oxygen atoms in total. The molecule has 34 heavy (non-hydrogen) atoms. The van der Waals surface area contributed by atoms with Gasteiger partial charge in [-0.2, -0.15) is 0 Å². The lowest BCUT2D eigenvalue weighted by Gasteiger charge is -2.26. The number of Topliss-reactive ketones (excluding diaryl/α,β-unsaturated/α-hetero) is 1. The molecule has 5 rings (SSSR count). The van der Waals surface area contributed by atoms with Gasteiger partial charge in [0.25, 0.3) is 0 Å². The molecule has 174 valence electrons. The number of benzene rings is 1.